The van der Waals surface area contributed by atoms with Crippen LogP contribution in [-0.4, -0.2) is 22.8 Å². The van der Waals surface area contributed by atoms with Gasteiger partial charge in [0.1, 0.15) is 11.7 Å². The molecule has 2 amide bonds. The fourth-order valence-electron chi connectivity index (χ4n) is 2.71. The topological polar surface area (TPSA) is 113 Å². The number of nitrogens with one attached hydrogen (secondary N) is 3. The van der Waals surface area contributed by atoms with Gasteiger partial charge in [-0.05, 0) is 23.6 Å². The molecule has 31 heavy (non-hydrogen) atoms. The summed E-state index contributed by atoms with van der Waals surface area (Å²) in [6, 6.07) is 9.77. The highest BCUT2D eigenvalue weighted by atomic mass is 19.4. The smallest absolute Gasteiger partial charge is 0.344 e. The van der Waals surface area contributed by atoms with Crippen molar-refractivity contribution in [3.05, 3.63) is 69.8 Å². The Hall–Kier alpha value is -3.63. The number of hydrogen-bond acceptors (Lipinski definition) is 5. The van der Waals surface area contributed by atoms with Crippen LogP contribution in [0.15, 0.2) is 48.5 Å². The third kappa shape index (κ3) is 6.69. The zero-order valence-corrected chi connectivity index (χ0v) is 16.7. The minimum Gasteiger partial charge on any atom is -0.344 e. The summed E-state index contributed by atoms with van der Waals surface area (Å²) in [7, 11) is 0. The standard InChI is InChI=1S/C20H21F3N4O4/c1-12(2)18(24-17(28)10-13-6-4-3-5-7-13)19(29)26-25-15-9-8-14(20(21,22)23)11-16(15)27(30)31/h3-9,11-12,18,25H,10H2,1-2H3,(H,24,28)(H,26,29). The zero-order chi connectivity index (χ0) is 23.2. The third-order valence-corrected chi connectivity index (χ3v) is 4.32. The Morgan fingerprint density at radius 1 is 1.10 bits per heavy atom. The molecule has 0 saturated heterocycles. The number of nitro groups is 1. The van der Waals surface area contributed by atoms with Gasteiger partial charge in [0.25, 0.3) is 11.6 Å². The molecule has 0 spiro atoms. The number of nitrogens with zero attached hydrogens (tertiary/aromatic N) is 1. The summed E-state index contributed by atoms with van der Waals surface area (Å²) in [6.45, 7) is 3.38. The van der Waals surface area contributed by atoms with Gasteiger partial charge >= 0.3 is 6.18 Å². The Bertz CT molecular complexity index is 949. The highest BCUT2D eigenvalue weighted by Gasteiger charge is 2.33. The monoisotopic (exact) mass is 438 g/mol. The number of hydrazine groups is 1. The number of anilines is 1. The Kier molecular flexibility index (Phi) is 7.56. The molecule has 0 aromatic heterocycles. The fourth-order valence-corrected chi connectivity index (χ4v) is 2.71. The first-order valence-electron chi connectivity index (χ1n) is 9.24. The van der Waals surface area contributed by atoms with E-state index in [0.29, 0.717) is 12.1 Å². The first kappa shape index (κ1) is 23.6. The molecule has 0 saturated carbocycles. The molecule has 0 aliphatic rings. The Labute approximate surface area is 176 Å². The van der Waals surface area contributed by atoms with Crippen LogP contribution in [0.4, 0.5) is 24.5 Å². The van der Waals surface area contributed by atoms with Gasteiger partial charge in [0.2, 0.25) is 5.91 Å². The van der Waals surface area contributed by atoms with E-state index in [-0.39, 0.29) is 18.0 Å². The molecule has 8 nitrogen and oxygen atoms in total. The van der Waals surface area contributed by atoms with Crippen molar-refractivity contribution in [1.29, 1.82) is 0 Å². The van der Waals surface area contributed by atoms with Gasteiger partial charge in [0, 0.05) is 6.07 Å². The van der Waals surface area contributed by atoms with Crippen LogP contribution in [0.1, 0.15) is 25.0 Å². The predicted octanol–water partition coefficient (Wildman–Crippen LogP) is 3.44. The molecule has 0 bridgehead atoms. The molecule has 1 atom stereocenters. The van der Waals surface area contributed by atoms with E-state index < -0.39 is 40.2 Å². The van der Waals surface area contributed by atoms with E-state index in [9.17, 15) is 32.9 Å². The van der Waals surface area contributed by atoms with Gasteiger partial charge in [-0.15, -0.1) is 0 Å². The maximum Gasteiger partial charge on any atom is 0.416 e. The summed E-state index contributed by atoms with van der Waals surface area (Å²) in [4.78, 5) is 34.9. The van der Waals surface area contributed by atoms with E-state index >= 15 is 0 Å². The maximum atomic E-state index is 12.8. The molecule has 2 aromatic rings. The molecule has 0 radical (unpaired) electrons. The van der Waals surface area contributed by atoms with Crippen LogP contribution in [0.2, 0.25) is 0 Å². The molecular weight excluding hydrogens is 417 g/mol. The van der Waals surface area contributed by atoms with Crippen LogP contribution in [0.3, 0.4) is 0 Å². The molecule has 1 unspecified atom stereocenters. The minimum atomic E-state index is -4.75. The van der Waals surface area contributed by atoms with Crippen molar-refractivity contribution in [2.24, 2.45) is 5.92 Å². The Morgan fingerprint density at radius 2 is 1.74 bits per heavy atom. The number of amides is 2. The molecule has 0 fully saturated rings. The molecule has 3 N–H and O–H groups in total. The lowest BCUT2D eigenvalue weighted by Gasteiger charge is -2.22. The van der Waals surface area contributed by atoms with Crippen molar-refractivity contribution in [3.8, 4) is 0 Å². The van der Waals surface area contributed by atoms with Crippen molar-refractivity contribution < 1.29 is 27.7 Å². The normalized spacial score (nSPS) is 12.2. The minimum absolute atomic E-state index is 0.0507. The number of rotatable bonds is 8. The molecule has 0 heterocycles. The van der Waals surface area contributed by atoms with Crippen LogP contribution in [-0.2, 0) is 22.2 Å². The van der Waals surface area contributed by atoms with Gasteiger partial charge in [-0.3, -0.25) is 30.6 Å². The van der Waals surface area contributed by atoms with Crippen molar-refractivity contribution in [3.63, 3.8) is 0 Å². The summed E-state index contributed by atoms with van der Waals surface area (Å²) in [5, 5.41) is 13.7. The lowest BCUT2D eigenvalue weighted by Crippen LogP contribution is -2.51. The zero-order valence-electron chi connectivity index (χ0n) is 16.7. The molecule has 2 aromatic carbocycles. The van der Waals surface area contributed by atoms with Crippen LogP contribution >= 0.6 is 0 Å². The molecule has 2 rings (SSSR count). The number of hydrogen-bond donors (Lipinski definition) is 3. The fraction of sp³-hybridized carbons (Fsp3) is 0.300. The van der Waals surface area contributed by atoms with E-state index in [1.54, 1.807) is 44.2 Å². The second-order valence-electron chi connectivity index (χ2n) is 7.05. The quantitative estimate of drug-likeness (QED) is 0.432. The third-order valence-electron chi connectivity index (χ3n) is 4.32. The summed E-state index contributed by atoms with van der Waals surface area (Å²) >= 11 is 0. The largest absolute Gasteiger partial charge is 0.416 e. The summed E-state index contributed by atoms with van der Waals surface area (Å²) in [5.74, 6) is -1.43. The van der Waals surface area contributed by atoms with E-state index in [2.05, 4.69) is 16.2 Å². The number of alkyl halides is 3. The van der Waals surface area contributed by atoms with Gasteiger partial charge in [-0.25, -0.2) is 0 Å². The van der Waals surface area contributed by atoms with E-state index in [1.165, 1.54) is 0 Å². The summed E-state index contributed by atoms with van der Waals surface area (Å²) in [6.07, 6.45) is -4.70. The van der Waals surface area contributed by atoms with Gasteiger partial charge in [0.15, 0.2) is 0 Å². The predicted molar refractivity (Wildman–Crippen MR) is 107 cm³/mol. The lowest BCUT2D eigenvalue weighted by molar-refractivity contribution is -0.384. The molecule has 11 heteroatoms. The van der Waals surface area contributed by atoms with Gasteiger partial charge in [-0.1, -0.05) is 44.2 Å². The van der Waals surface area contributed by atoms with E-state index in [0.717, 1.165) is 11.6 Å². The highest BCUT2D eigenvalue weighted by Crippen LogP contribution is 2.34. The molecular formula is C20H21F3N4O4. The SMILES string of the molecule is CC(C)C(NC(=O)Cc1ccccc1)C(=O)NNc1ccc(C(F)(F)F)cc1[N+](=O)[O-]. The van der Waals surface area contributed by atoms with Crippen LogP contribution in [0.5, 0.6) is 0 Å². The van der Waals surface area contributed by atoms with Gasteiger partial charge < -0.3 is 5.32 Å². The average Bonchev–Trinajstić information content (AvgIpc) is 2.69. The van der Waals surface area contributed by atoms with Gasteiger partial charge in [0.05, 0.1) is 16.9 Å². The number of carbonyl (C=O) groups excluding carboxylic acids is 2. The second-order valence-corrected chi connectivity index (χ2v) is 7.05. The summed E-state index contributed by atoms with van der Waals surface area (Å²) < 4.78 is 38.4. The van der Waals surface area contributed by atoms with Gasteiger partial charge in [-0.2, -0.15) is 13.2 Å². The molecule has 0 aliphatic carbocycles. The van der Waals surface area contributed by atoms with Crippen molar-refractivity contribution >= 4 is 23.2 Å². The number of carbonyl (C=O) groups is 2. The first-order valence-corrected chi connectivity index (χ1v) is 9.24. The summed E-state index contributed by atoms with van der Waals surface area (Å²) in [5.41, 5.74) is 2.86. The van der Waals surface area contributed by atoms with Crippen LogP contribution in [0.25, 0.3) is 0 Å². The van der Waals surface area contributed by atoms with E-state index in [1.807, 2.05) is 0 Å². The lowest BCUT2D eigenvalue weighted by atomic mass is 10.0. The molecule has 166 valence electrons. The van der Waals surface area contributed by atoms with Crippen LogP contribution < -0.4 is 16.2 Å². The maximum absolute atomic E-state index is 12.8. The Morgan fingerprint density at radius 3 is 2.29 bits per heavy atom. The first-order chi connectivity index (χ1) is 14.5. The van der Waals surface area contributed by atoms with Crippen molar-refractivity contribution in [2.75, 3.05) is 5.43 Å². The number of benzene rings is 2. The molecule has 0 aliphatic heterocycles. The second kappa shape index (κ2) is 9.92. The van der Waals surface area contributed by atoms with Crippen molar-refractivity contribution in [1.82, 2.24) is 10.7 Å². The van der Waals surface area contributed by atoms with E-state index in [4.69, 9.17) is 0 Å². The van der Waals surface area contributed by atoms with Crippen LogP contribution in [0, 0.1) is 16.0 Å². The number of nitro benzene ring substituents is 1. The number of halogens is 3. The van der Waals surface area contributed by atoms with Crippen molar-refractivity contribution in [2.45, 2.75) is 32.5 Å². The highest BCUT2D eigenvalue weighted by molar-refractivity contribution is 5.89. The average molecular weight is 438 g/mol. The Balaban J connectivity index is 2.08.